The number of carbonyl (C=O) groups is 1. The molecule has 0 aromatic carbocycles. The summed E-state index contributed by atoms with van der Waals surface area (Å²) in [6.45, 7) is 3.13. The SMILES string of the molecule is CC1(C(=O)NCc2cccnc2)COCC1N. The van der Waals surface area contributed by atoms with Gasteiger partial charge in [0.25, 0.3) is 0 Å². The molecule has 2 rings (SSSR count). The number of hydrogen-bond acceptors (Lipinski definition) is 4. The van der Waals surface area contributed by atoms with E-state index in [9.17, 15) is 4.79 Å². The van der Waals surface area contributed by atoms with Crippen molar-refractivity contribution < 1.29 is 9.53 Å². The van der Waals surface area contributed by atoms with Crippen LogP contribution in [-0.4, -0.2) is 30.1 Å². The summed E-state index contributed by atoms with van der Waals surface area (Å²) in [5.41, 5.74) is 6.23. The smallest absolute Gasteiger partial charge is 0.230 e. The van der Waals surface area contributed by atoms with Crippen LogP contribution in [0.4, 0.5) is 0 Å². The highest BCUT2D eigenvalue weighted by Gasteiger charge is 2.44. The second kappa shape index (κ2) is 4.81. The van der Waals surface area contributed by atoms with Crippen LogP contribution in [0.25, 0.3) is 0 Å². The number of rotatable bonds is 3. The Morgan fingerprint density at radius 3 is 3.18 bits per heavy atom. The van der Waals surface area contributed by atoms with E-state index in [-0.39, 0.29) is 11.9 Å². The third-order valence-corrected chi connectivity index (χ3v) is 3.21. The highest BCUT2D eigenvalue weighted by atomic mass is 16.5. The number of nitrogens with zero attached hydrogens (tertiary/aromatic N) is 1. The standard InChI is InChI=1S/C12H17N3O2/c1-12(8-17-7-10(12)13)11(16)15-6-9-3-2-4-14-5-9/h2-5,10H,6-8,13H2,1H3,(H,15,16). The van der Waals surface area contributed by atoms with E-state index in [2.05, 4.69) is 10.3 Å². The largest absolute Gasteiger partial charge is 0.379 e. The topological polar surface area (TPSA) is 77.2 Å². The maximum absolute atomic E-state index is 12.1. The molecule has 2 heterocycles. The summed E-state index contributed by atoms with van der Waals surface area (Å²) in [6, 6.07) is 3.52. The first-order valence-electron chi connectivity index (χ1n) is 5.63. The number of pyridine rings is 1. The average molecular weight is 235 g/mol. The van der Waals surface area contributed by atoms with Crippen molar-refractivity contribution in [1.29, 1.82) is 0 Å². The second-order valence-electron chi connectivity index (χ2n) is 4.58. The summed E-state index contributed by atoms with van der Waals surface area (Å²) < 4.78 is 5.25. The van der Waals surface area contributed by atoms with Gasteiger partial charge in [-0.15, -0.1) is 0 Å². The normalized spacial score (nSPS) is 28.0. The van der Waals surface area contributed by atoms with Gasteiger partial charge in [-0.1, -0.05) is 6.07 Å². The summed E-state index contributed by atoms with van der Waals surface area (Å²) in [6.07, 6.45) is 3.43. The van der Waals surface area contributed by atoms with Crippen LogP contribution in [0.1, 0.15) is 12.5 Å². The predicted octanol–water partition coefficient (Wildman–Crippen LogP) is 0.0616. The molecule has 1 aromatic heterocycles. The molecule has 17 heavy (non-hydrogen) atoms. The zero-order valence-electron chi connectivity index (χ0n) is 9.85. The van der Waals surface area contributed by atoms with Crippen LogP contribution in [0.3, 0.4) is 0 Å². The molecule has 0 spiro atoms. The summed E-state index contributed by atoms with van der Waals surface area (Å²) in [5, 5.41) is 2.87. The molecule has 0 saturated carbocycles. The van der Waals surface area contributed by atoms with Gasteiger partial charge in [0.05, 0.1) is 18.6 Å². The Balaban J connectivity index is 1.94. The Morgan fingerprint density at radius 1 is 1.76 bits per heavy atom. The van der Waals surface area contributed by atoms with Crippen molar-refractivity contribution in [3.63, 3.8) is 0 Å². The maximum atomic E-state index is 12.1. The Hall–Kier alpha value is -1.46. The molecule has 1 aliphatic rings. The molecule has 2 atom stereocenters. The number of hydrogen-bond donors (Lipinski definition) is 2. The van der Waals surface area contributed by atoms with Crippen molar-refractivity contribution in [3.05, 3.63) is 30.1 Å². The van der Waals surface area contributed by atoms with Crippen LogP contribution in [0.2, 0.25) is 0 Å². The number of nitrogens with two attached hydrogens (primary N) is 1. The quantitative estimate of drug-likeness (QED) is 0.776. The Kier molecular flexibility index (Phi) is 3.40. The van der Waals surface area contributed by atoms with Gasteiger partial charge in [-0.3, -0.25) is 9.78 Å². The number of aromatic nitrogens is 1. The van der Waals surface area contributed by atoms with Crippen LogP contribution in [-0.2, 0) is 16.1 Å². The van der Waals surface area contributed by atoms with Gasteiger partial charge in [-0.25, -0.2) is 0 Å². The summed E-state index contributed by atoms with van der Waals surface area (Å²) in [5.74, 6) is -0.0636. The molecule has 1 aliphatic heterocycles. The fraction of sp³-hybridized carbons (Fsp3) is 0.500. The first kappa shape index (κ1) is 12.0. The fourth-order valence-corrected chi connectivity index (χ4v) is 1.81. The molecular formula is C12H17N3O2. The van der Waals surface area contributed by atoms with E-state index < -0.39 is 5.41 Å². The third-order valence-electron chi connectivity index (χ3n) is 3.21. The minimum Gasteiger partial charge on any atom is -0.379 e. The van der Waals surface area contributed by atoms with Gasteiger partial charge in [0.15, 0.2) is 0 Å². The van der Waals surface area contributed by atoms with Gasteiger partial charge < -0.3 is 15.8 Å². The Labute approximate surface area is 100 Å². The lowest BCUT2D eigenvalue weighted by Crippen LogP contribution is -2.49. The zero-order valence-corrected chi connectivity index (χ0v) is 9.85. The van der Waals surface area contributed by atoms with Gasteiger partial charge in [0, 0.05) is 25.0 Å². The van der Waals surface area contributed by atoms with E-state index in [1.165, 1.54) is 0 Å². The molecule has 0 radical (unpaired) electrons. The van der Waals surface area contributed by atoms with Crippen LogP contribution in [0, 0.1) is 5.41 Å². The lowest BCUT2D eigenvalue weighted by molar-refractivity contribution is -0.130. The summed E-state index contributed by atoms with van der Waals surface area (Å²) >= 11 is 0. The molecule has 0 aliphatic carbocycles. The summed E-state index contributed by atoms with van der Waals surface area (Å²) in [4.78, 5) is 16.1. The molecule has 1 fully saturated rings. The lowest BCUT2D eigenvalue weighted by atomic mass is 9.85. The molecule has 5 heteroatoms. The number of amides is 1. The van der Waals surface area contributed by atoms with E-state index in [1.54, 1.807) is 12.4 Å². The lowest BCUT2D eigenvalue weighted by Gasteiger charge is -2.25. The minimum absolute atomic E-state index is 0.0636. The summed E-state index contributed by atoms with van der Waals surface area (Å²) in [7, 11) is 0. The molecule has 1 saturated heterocycles. The minimum atomic E-state index is -0.623. The van der Waals surface area contributed by atoms with Crippen LogP contribution >= 0.6 is 0 Å². The van der Waals surface area contributed by atoms with E-state index in [0.717, 1.165) is 5.56 Å². The first-order chi connectivity index (χ1) is 8.13. The van der Waals surface area contributed by atoms with Crippen molar-refractivity contribution in [3.8, 4) is 0 Å². The second-order valence-corrected chi connectivity index (χ2v) is 4.58. The highest BCUT2D eigenvalue weighted by molar-refractivity contribution is 5.83. The van der Waals surface area contributed by atoms with Gasteiger partial charge >= 0.3 is 0 Å². The van der Waals surface area contributed by atoms with Crippen molar-refractivity contribution in [2.75, 3.05) is 13.2 Å². The molecule has 1 amide bonds. The van der Waals surface area contributed by atoms with Crippen LogP contribution < -0.4 is 11.1 Å². The van der Waals surface area contributed by atoms with Gasteiger partial charge in [0.2, 0.25) is 5.91 Å². The van der Waals surface area contributed by atoms with Gasteiger partial charge in [-0.05, 0) is 18.6 Å². The fourth-order valence-electron chi connectivity index (χ4n) is 1.81. The number of carbonyl (C=O) groups excluding carboxylic acids is 1. The number of ether oxygens (including phenoxy) is 1. The number of nitrogens with one attached hydrogen (secondary N) is 1. The Morgan fingerprint density at radius 2 is 2.59 bits per heavy atom. The van der Waals surface area contributed by atoms with Gasteiger partial charge in [0.1, 0.15) is 0 Å². The zero-order chi connectivity index (χ0) is 12.3. The molecule has 1 aromatic rings. The first-order valence-corrected chi connectivity index (χ1v) is 5.63. The van der Waals surface area contributed by atoms with Crippen molar-refractivity contribution >= 4 is 5.91 Å². The average Bonchev–Trinajstić information content (AvgIpc) is 2.69. The van der Waals surface area contributed by atoms with E-state index >= 15 is 0 Å². The Bertz CT molecular complexity index is 396. The van der Waals surface area contributed by atoms with Crippen LogP contribution in [0.15, 0.2) is 24.5 Å². The monoisotopic (exact) mass is 235 g/mol. The third kappa shape index (κ3) is 2.45. The predicted molar refractivity (Wildman–Crippen MR) is 63.0 cm³/mol. The molecule has 2 unspecified atom stereocenters. The van der Waals surface area contributed by atoms with E-state index in [1.807, 2.05) is 19.1 Å². The van der Waals surface area contributed by atoms with E-state index in [0.29, 0.717) is 19.8 Å². The van der Waals surface area contributed by atoms with Gasteiger partial charge in [-0.2, -0.15) is 0 Å². The molecule has 0 bridgehead atoms. The molecule has 5 nitrogen and oxygen atoms in total. The van der Waals surface area contributed by atoms with Crippen molar-refractivity contribution in [2.45, 2.75) is 19.5 Å². The maximum Gasteiger partial charge on any atom is 0.230 e. The van der Waals surface area contributed by atoms with Crippen molar-refractivity contribution in [1.82, 2.24) is 10.3 Å². The van der Waals surface area contributed by atoms with Crippen LogP contribution in [0.5, 0.6) is 0 Å². The molecular weight excluding hydrogens is 218 g/mol. The van der Waals surface area contributed by atoms with Crippen molar-refractivity contribution in [2.24, 2.45) is 11.1 Å². The highest BCUT2D eigenvalue weighted by Crippen LogP contribution is 2.27. The molecule has 3 N–H and O–H groups in total. The van der Waals surface area contributed by atoms with E-state index in [4.69, 9.17) is 10.5 Å². The molecule has 92 valence electrons.